The number of hydrogen-bond donors (Lipinski definition) is 2. The van der Waals surface area contributed by atoms with Gasteiger partial charge in [0.1, 0.15) is 11.5 Å². The Bertz CT molecular complexity index is 1440. The molecule has 0 aliphatic carbocycles. The van der Waals surface area contributed by atoms with Crippen molar-refractivity contribution in [3.63, 3.8) is 0 Å². The number of nitrogens with zero attached hydrogens (tertiary/aromatic N) is 2. The number of hydrazone groups is 1. The van der Waals surface area contributed by atoms with Crippen LogP contribution in [0.15, 0.2) is 102 Å². The minimum atomic E-state index is -1.64. The van der Waals surface area contributed by atoms with Gasteiger partial charge in [0.2, 0.25) is 11.6 Å². The number of amides is 2. The lowest BCUT2D eigenvalue weighted by Gasteiger charge is -2.32. The van der Waals surface area contributed by atoms with Gasteiger partial charge in [-0.1, -0.05) is 60.7 Å². The van der Waals surface area contributed by atoms with Crippen molar-refractivity contribution in [1.82, 2.24) is 5.32 Å². The van der Waals surface area contributed by atoms with Gasteiger partial charge in [0.05, 0.1) is 12.8 Å². The number of ether oxygens (including phenoxy) is 1. The number of benzene rings is 4. The average molecular weight is 465 g/mol. The molecule has 0 spiro atoms. The first-order valence-corrected chi connectivity index (χ1v) is 11.2. The zero-order valence-corrected chi connectivity index (χ0v) is 19.4. The second-order valence-electron chi connectivity index (χ2n) is 8.18. The molecule has 1 atom stereocenters. The van der Waals surface area contributed by atoms with Crippen LogP contribution in [0.1, 0.15) is 12.5 Å². The van der Waals surface area contributed by atoms with Gasteiger partial charge in [0, 0.05) is 23.6 Å². The van der Waals surface area contributed by atoms with Crippen LogP contribution < -0.4 is 20.4 Å². The van der Waals surface area contributed by atoms with Crippen LogP contribution in [-0.2, 0) is 9.59 Å². The Morgan fingerprint density at radius 1 is 0.857 bits per heavy atom. The van der Waals surface area contributed by atoms with Crippen molar-refractivity contribution in [2.24, 2.45) is 5.10 Å². The summed E-state index contributed by atoms with van der Waals surface area (Å²) < 4.78 is 5.57. The van der Waals surface area contributed by atoms with Gasteiger partial charge in [-0.25, -0.2) is 0 Å². The van der Waals surface area contributed by atoms with E-state index in [1.165, 1.54) is 11.9 Å². The summed E-state index contributed by atoms with van der Waals surface area (Å²) in [4.78, 5) is 26.6. The summed E-state index contributed by atoms with van der Waals surface area (Å²) in [5.41, 5.74) is 0.694. The van der Waals surface area contributed by atoms with Gasteiger partial charge in [-0.15, -0.1) is 0 Å². The molecule has 1 aliphatic heterocycles. The molecule has 0 radical (unpaired) electrons. The van der Waals surface area contributed by atoms with Crippen molar-refractivity contribution in [1.29, 1.82) is 0 Å². The summed E-state index contributed by atoms with van der Waals surface area (Å²) in [6.45, 7) is 1.39. The highest BCUT2D eigenvalue weighted by atomic mass is 16.5. The lowest BCUT2D eigenvalue weighted by Crippen LogP contribution is -2.64. The fourth-order valence-electron chi connectivity index (χ4n) is 4.40. The quantitative estimate of drug-likeness (QED) is 0.411. The molecule has 0 saturated heterocycles. The monoisotopic (exact) mass is 464 g/mol. The summed E-state index contributed by atoms with van der Waals surface area (Å²) in [6, 6.07) is 29.9. The molecule has 1 aliphatic rings. The first-order chi connectivity index (χ1) is 17.0. The second kappa shape index (κ2) is 8.95. The highest BCUT2D eigenvalue weighted by Gasteiger charge is 2.53. The molecule has 5 rings (SSSR count). The molecule has 2 amide bonds. The van der Waals surface area contributed by atoms with Gasteiger partial charge in [-0.05, 0) is 41.8 Å². The molecule has 174 valence electrons. The number of fused-ring (bicyclic) bond motifs is 1. The molecule has 0 bridgehead atoms. The average Bonchev–Trinajstić information content (AvgIpc) is 3.15. The standard InChI is InChI=1S/C28H24N4O3/c1-19(33)29-28(30-20-11-5-3-6-12-20)26(31-32(27(28)34)21-13-7-4-8-14-21)24-17-18-25(35-2)23-16-10-9-15-22(23)24/h3-18,30H,1-2H3,(H,29,33). The molecular formula is C28H24N4O3. The summed E-state index contributed by atoms with van der Waals surface area (Å²) in [7, 11) is 1.62. The third-order valence-corrected chi connectivity index (χ3v) is 5.90. The van der Waals surface area contributed by atoms with E-state index >= 15 is 0 Å². The number of rotatable bonds is 6. The third kappa shape index (κ3) is 3.87. The first-order valence-electron chi connectivity index (χ1n) is 11.2. The SMILES string of the molecule is COc1ccc(C2=NN(c3ccccc3)C(=O)C2(NC(C)=O)Nc2ccccc2)c2ccccc12. The van der Waals surface area contributed by atoms with E-state index in [1.807, 2.05) is 84.9 Å². The van der Waals surface area contributed by atoms with Crippen LogP contribution in [0.3, 0.4) is 0 Å². The van der Waals surface area contributed by atoms with E-state index in [4.69, 9.17) is 9.84 Å². The summed E-state index contributed by atoms with van der Waals surface area (Å²) >= 11 is 0. The van der Waals surface area contributed by atoms with E-state index in [2.05, 4.69) is 10.6 Å². The van der Waals surface area contributed by atoms with Crippen molar-refractivity contribution >= 4 is 39.7 Å². The maximum Gasteiger partial charge on any atom is 0.300 e. The predicted molar refractivity (Wildman–Crippen MR) is 138 cm³/mol. The number of methoxy groups -OCH3 is 1. The Morgan fingerprint density at radius 2 is 1.49 bits per heavy atom. The molecule has 0 fully saturated rings. The largest absolute Gasteiger partial charge is 0.496 e. The summed E-state index contributed by atoms with van der Waals surface area (Å²) in [5, 5.41) is 14.0. The van der Waals surface area contributed by atoms with E-state index in [1.54, 1.807) is 19.2 Å². The van der Waals surface area contributed by atoms with Gasteiger partial charge in [0.15, 0.2) is 0 Å². The van der Waals surface area contributed by atoms with Crippen LogP contribution in [0.2, 0.25) is 0 Å². The Labute approximate surface area is 203 Å². The molecular weight excluding hydrogens is 440 g/mol. The van der Waals surface area contributed by atoms with Gasteiger partial charge in [0.25, 0.3) is 0 Å². The zero-order valence-electron chi connectivity index (χ0n) is 19.4. The normalized spacial score (nSPS) is 17.3. The number of para-hydroxylation sites is 2. The van der Waals surface area contributed by atoms with Gasteiger partial charge >= 0.3 is 5.91 Å². The van der Waals surface area contributed by atoms with Gasteiger partial charge in [-0.3, -0.25) is 9.59 Å². The molecule has 7 heteroatoms. The Hall–Kier alpha value is -4.65. The predicted octanol–water partition coefficient (Wildman–Crippen LogP) is 4.54. The molecule has 4 aromatic rings. The molecule has 0 saturated carbocycles. The smallest absolute Gasteiger partial charge is 0.300 e. The minimum absolute atomic E-state index is 0.373. The lowest BCUT2D eigenvalue weighted by molar-refractivity contribution is -0.127. The van der Waals surface area contributed by atoms with Crippen LogP contribution in [0.25, 0.3) is 10.8 Å². The molecule has 1 heterocycles. The van der Waals surface area contributed by atoms with Crippen molar-refractivity contribution in [3.8, 4) is 5.75 Å². The molecule has 1 unspecified atom stereocenters. The number of carbonyl (C=O) groups excluding carboxylic acids is 2. The summed E-state index contributed by atoms with van der Waals surface area (Å²) in [6.07, 6.45) is 0. The van der Waals surface area contributed by atoms with Crippen LogP contribution in [0.4, 0.5) is 11.4 Å². The highest BCUT2D eigenvalue weighted by molar-refractivity contribution is 6.33. The molecule has 2 N–H and O–H groups in total. The Morgan fingerprint density at radius 3 is 2.14 bits per heavy atom. The first kappa shape index (κ1) is 22.2. The number of carbonyl (C=O) groups is 2. The molecule has 4 aromatic carbocycles. The van der Waals surface area contributed by atoms with Crippen molar-refractivity contribution in [3.05, 3.63) is 103 Å². The Kier molecular flexibility index (Phi) is 5.66. The van der Waals surface area contributed by atoms with E-state index in [0.717, 1.165) is 10.8 Å². The van der Waals surface area contributed by atoms with E-state index in [9.17, 15) is 9.59 Å². The molecule has 0 aromatic heterocycles. The lowest BCUT2D eigenvalue weighted by atomic mass is 9.91. The second-order valence-corrected chi connectivity index (χ2v) is 8.18. The summed E-state index contributed by atoms with van der Waals surface area (Å²) in [5.74, 6) is -0.0878. The third-order valence-electron chi connectivity index (χ3n) is 5.90. The van der Waals surface area contributed by atoms with E-state index in [-0.39, 0.29) is 5.91 Å². The van der Waals surface area contributed by atoms with Crippen LogP contribution in [0.5, 0.6) is 5.75 Å². The maximum atomic E-state index is 14.1. The van der Waals surface area contributed by atoms with Gasteiger partial charge < -0.3 is 15.4 Å². The zero-order chi connectivity index (χ0) is 24.4. The van der Waals surface area contributed by atoms with E-state index in [0.29, 0.717) is 28.4 Å². The Balaban J connectivity index is 1.78. The topological polar surface area (TPSA) is 83.0 Å². The van der Waals surface area contributed by atoms with Crippen LogP contribution in [-0.4, -0.2) is 30.3 Å². The van der Waals surface area contributed by atoms with Crippen LogP contribution in [0, 0.1) is 0 Å². The maximum absolute atomic E-state index is 14.1. The highest BCUT2D eigenvalue weighted by Crippen LogP contribution is 2.36. The number of anilines is 2. The van der Waals surface area contributed by atoms with E-state index < -0.39 is 11.6 Å². The van der Waals surface area contributed by atoms with Crippen molar-refractivity contribution in [2.75, 3.05) is 17.4 Å². The van der Waals surface area contributed by atoms with Crippen LogP contribution >= 0.6 is 0 Å². The minimum Gasteiger partial charge on any atom is -0.496 e. The fourth-order valence-corrected chi connectivity index (χ4v) is 4.40. The molecule has 35 heavy (non-hydrogen) atoms. The number of hydrogen-bond acceptors (Lipinski definition) is 5. The fraction of sp³-hybridized carbons (Fsp3) is 0.107. The molecule has 7 nitrogen and oxygen atoms in total. The van der Waals surface area contributed by atoms with Crippen molar-refractivity contribution in [2.45, 2.75) is 12.6 Å². The van der Waals surface area contributed by atoms with Crippen molar-refractivity contribution < 1.29 is 14.3 Å². The van der Waals surface area contributed by atoms with Gasteiger partial charge in [-0.2, -0.15) is 10.1 Å². The number of nitrogens with one attached hydrogen (secondary N) is 2.